The van der Waals surface area contributed by atoms with Gasteiger partial charge in [-0.25, -0.2) is 0 Å². The number of benzene rings is 3. The van der Waals surface area contributed by atoms with E-state index in [0.717, 1.165) is 24.1 Å². The number of hydrogen-bond donors (Lipinski definition) is 1. The van der Waals surface area contributed by atoms with E-state index in [2.05, 4.69) is 29.6 Å². The molecule has 3 nitrogen and oxygen atoms in total. The summed E-state index contributed by atoms with van der Waals surface area (Å²) in [5.74, 6) is 1.34. The Balaban J connectivity index is 1.61. The second-order valence-electron chi connectivity index (χ2n) is 6.65. The van der Waals surface area contributed by atoms with Crippen molar-refractivity contribution in [3.8, 4) is 11.5 Å². The monoisotopic (exact) mass is 429 g/mol. The lowest BCUT2D eigenvalue weighted by molar-refractivity contribution is 0.269. The van der Waals surface area contributed by atoms with E-state index in [0.29, 0.717) is 41.3 Å². The number of hydrogen-bond acceptors (Lipinski definition) is 3. The van der Waals surface area contributed by atoms with Crippen molar-refractivity contribution in [2.75, 3.05) is 13.2 Å². The maximum absolute atomic E-state index is 6.51. The van der Waals surface area contributed by atoms with Crippen molar-refractivity contribution in [1.82, 2.24) is 5.32 Å². The Morgan fingerprint density at radius 2 is 1.55 bits per heavy atom. The summed E-state index contributed by atoms with van der Waals surface area (Å²) in [5, 5.41) is 4.81. The summed E-state index contributed by atoms with van der Waals surface area (Å²) in [6.45, 7) is 4.47. The Kier molecular flexibility index (Phi) is 8.24. The lowest BCUT2D eigenvalue weighted by Gasteiger charge is -2.15. The predicted octanol–water partition coefficient (Wildman–Crippen LogP) is 6.30. The predicted molar refractivity (Wildman–Crippen MR) is 120 cm³/mol. The van der Waals surface area contributed by atoms with Gasteiger partial charge in [-0.2, -0.15) is 0 Å². The average Bonchev–Trinajstić information content (AvgIpc) is 2.74. The molecule has 5 heteroatoms. The number of rotatable bonds is 10. The summed E-state index contributed by atoms with van der Waals surface area (Å²) in [6.07, 6.45) is 0.971. The first-order chi connectivity index (χ1) is 14.2. The van der Waals surface area contributed by atoms with Crippen molar-refractivity contribution in [3.05, 3.63) is 93.5 Å². The SMILES string of the molecule is CCOc1cc(CNCCc2ccccc2)c(Cl)cc1OCc1ccc(Cl)cc1. The maximum atomic E-state index is 6.51. The smallest absolute Gasteiger partial charge is 0.163 e. The minimum absolute atomic E-state index is 0.419. The molecule has 0 unspecified atom stereocenters. The first-order valence-corrected chi connectivity index (χ1v) is 10.5. The fraction of sp³-hybridized carbons (Fsp3) is 0.250. The fourth-order valence-corrected chi connectivity index (χ4v) is 3.28. The van der Waals surface area contributed by atoms with Gasteiger partial charge in [0.2, 0.25) is 0 Å². The molecule has 0 aliphatic heterocycles. The van der Waals surface area contributed by atoms with Gasteiger partial charge in [-0.15, -0.1) is 0 Å². The summed E-state index contributed by atoms with van der Waals surface area (Å²) < 4.78 is 11.7. The van der Waals surface area contributed by atoms with Gasteiger partial charge in [-0.3, -0.25) is 0 Å². The third kappa shape index (κ3) is 6.67. The molecule has 29 heavy (non-hydrogen) atoms. The highest BCUT2D eigenvalue weighted by molar-refractivity contribution is 6.31. The Bertz CT molecular complexity index is 899. The molecule has 3 aromatic carbocycles. The van der Waals surface area contributed by atoms with Crippen LogP contribution < -0.4 is 14.8 Å². The van der Waals surface area contributed by atoms with Gasteiger partial charge in [0.15, 0.2) is 11.5 Å². The second kappa shape index (κ2) is 11.1. The first kappa shape index (κ1) is 21.5. The Morgan fingerprint density at radius 3 is 2.28 bits per heavy atom. The molecule has 152 valence electrons. The van der Waals surface area contributed by atoms with E-state index in [9.17, 15) is 0 Å². The van der Waals surface area contributed by atoms with Crippen LogP contribution in [0, 0.1) is 0 Å². The number of halogens is 2. The third-order valence-corrected chi connectivity index (χ3v) is 5.07. The Labute approximate surface area is 182 Å². The molecule has 0 aliphatic rings. The molecular weight excluding hydrogens is 405 g/mol. The van der Waals surface area contributed by atoms with Gasteiger partial charge >= 0.3 is 0 Å². The van der Waals surface area contributed by atoms with Gasteiger partial charge in [0.25, 0.3) is 0 Å². The van der Waals surface area contributed by atoms with Crippen LogP contribution >= 0.6 is 23.2 Å². The minimum Gasteiger partial charge on any atom is -0.490 e. The Morgan fingerprint density at radius 1 is 0.828 bits per heavy atom. The fourth-order valence-electron chi connectivity index (χ4n) is 2.94. The highest BCUT2D eigenvalue weighted by Gasteiger charge is 2.11. The van der Waals surface area contributed by atoms with Crippen LogP contribution in [0.2, 0.25) is 10.0 Å². The van der Waals surface area contributed by atoms with Crippen LogP contribution in [0.3, 0.4) is 0 Å². The van der Waals surface area contributed by atoms with E-state index in [4.69, 9.17) is 32.7 Å². The molecule has 3 rings (SSSR count). The van der Waals surface area contributed by atoms with Gasteiger partial charge in [-0.05, 0) is 54.8 Å². The van der Waals surface area contributed by atoms with Crippen molar-refractivity contribution in [2.45, 2.75) is 26.5 Å². The van der Waals surface area contributed by atoms with Crippen molar-refractivity contribution >= 4 is 23.2 Å². The third-order valence-electron chi connectivity index (χ3n) is 4.47. The van der Waals surface area contributed by atoms with Gasteiger partial charge in [0.1, 0.15) is 6.61 Å². The zero-order valence-corrected chi connectivity index (χ0v) is 18.0. The van der Waals surface area contributed by atoms with Crippen molar-refractivity contribution in [2.24, 2.45) is 0 Å². The molecule has 1 N–H and O–H groups in total. The van der Waals surface area contributed by atoms with Gasteiger partial charge in [0.05, 0.1) is 6.61 Å². The quantitative estimate of drug-likeness (QED) is 0.383. The molecular formula is C24H25Cl2NO2. The van der Waals surface area contributed by atoms with Crippen LogP contribution in [0.25, 0.3) is 0 Å². The van der Waals surface area contributed by atoms with E-state index in [-0.39, 0.29) is 0 Å². The summed E-state index contributed by atoms with van der Waals surface area (Å²) in [5.41, 5.74) is 3.33. The zero-order valence-electron chi connectivity index (χ0n) is 16.5. The molecule has 0 radical (unpaired) electrons. The van der Waals surface area contributed by atoms with Gasteiger partial charge in [-0.1, -0.05) is 65.7 Å². The first-order valence-electron chi connectivity index (χ1n) is 9.73. The average molecular weight is 430 g/mol. The topological polar surface area (TPSA) is 30.5 Å². The molecule has 0 bridgehead atoms. The highest BCUT2D eigenvalue weighted by atomic mass is 35.5. The molecule has 0 atom stereocenters. The minimum atomic E-state index is 0.419. The molecule has 3 aromatic rings. The normalized spacial score (nSPS) is 10.7. The van der Waals surface area contributed by atoms with E-state index < -0.39 is 0 Å². The summed E-state index contributed by atoms with van der Waals surface area (Å²) in [4.78, 5) is 0. The molecule has 0 amide bonds. The largest absolute Gasteiger partial charge is 0.490 e. The zero-order chi connectivity index (χ0) is 20.5. The second-order valence-corrected chi connectivity index (χ2v) is 7.49. The van der Waals surface area contributed by atoms with Gasteiger partial charge < -0.3 is 14.8 Å². The summed E-state index contributed by atoms with van der Waals surface area (Å²) in [7, 11) is 0. The lowest BCUT2D eigenvalue weighted by Crippen LogP contribution is -2.17. The van der Waals surface area contributed by atoms with Crippen molar-refractivity contribution in [1.29, 1.82) is 0 Å². The molecule has 0 heterocycles. The number of nitrogens with one attached hydrogen (secondary N) is 1. The van der Waals surface area contributed by atoms with E-state index in [1.165, 1.54) is 5.56 Å². The van der Waals surface area contributed by atoms with Crippen LogP contribution in [-0.4, -0.2) is 13.2 Å². The molecule has 0 saturated heterocycles. The van der Waals surface area contributed by atoms with Gasteiger partial charge in [0, 0.05) is 22.7 Å². The van der Waals surface area contributed by atoms with Crippen LogP contribution in [-0.2, 0) is 19.6 Å². The molecule has 0 saturated carbocycles. The van der Waals surface area contributed by atoms with E-state index in [1.807, 2.05) is 49.4 Å². The van der Waals surface area contributed by atoms with E-state index >= 15 is 0 Å². The van der Waals surface area contributed by atoms with Crippen LogP contribution in [0.15, 0.2) is 66.7 Å². The highest BCUT2D eigenvalue weighted by Crippen LogP contribution is 2.34. The van der Waals surface area contributed by atoms with Crippen LogP contribution in [0.4, 0.5) is 0 Å². The number of ether oxygens (including phenoxy) is 2. The van der Waals surface area contributed by atoms with Crippen LogP contribution in [0.5, 0.6) is 11.5 Å². The lowest BCUT2D eigenvalue weighted by atomic mass is 10.1. The summed E-state index contributed by atoms with van der Waals surface area (Å²) in [6, 6.07) is 21.8. The standard InChI is InChI=1S/C24H25Cl2NO2/c1-2-28-23-14-20(16-27-13-12-18-6-4-3-5-7-18)22(26)15-24(23)29-17-19-8-10-21(25)11-9-19/h3-11,14-15,27H,2,12-13,16-17H2,1H3. The van der Waals surface area contributed by atoms with Crippen LogP contribution in [0.1, 0.15) is 23.6 Å². The molecule has 0 spiro atoms. The molecule has 0 aromatic heterocycles. The van der Waals surface area contributed by atoms with Crippen molar-refractivity contribution in [3.63, 3.8) is 0 Å². The Hall–Kier alpha value is -2.20. The summed E-state index contributed by atoms with van der Waals surface area (Å²) >= 11 is 12.4. The molecule has 0 fully saturated rings. The molecule has 0 aliphatic carbocycles. The van der Waals surface area contributed by atoms with E-state index in [1.54, 1.807) is 0 Å². The maximum Gasteiger partial charge on any atom is 0.163 e. The van der Waals surface area contributed by atoms with Crippen molar-refractivity contribution < 1.29 is 9.47 Å².